The Morgan fingerprint density at radius 3 is 2.90 bits per heavy atom. The van der Waals surface area contributed by atoms with E-state index in [-0.39, 0.29) is 11.8 Å². The van der Waals surface area contributed by atoms with E-state index in [0.717, 1.165) is 6.42 Å². The Balaban J connectivity index is 2.10. The highest BCUT2D eigenvalue weighted by atomic mass is 35.5. The van der Waals surface area contributed by atoms with Crippen molar-refractivity contribution in [1.29, 1.82) is 0 Å². The topological polar surface area (TPSA) is 75.4 Å². The average Bonchev–Trinajstić information content (AvgIpc) is 2.85. The van der Waals surface area contributed by atoms with Crippen molar-refractivity contribution in [2.24, 2.45) is 5.73 Å². The van der Waals surface area contributed by atoms with Gasteiger partial charge in [0.1, 0.15) is 0 Å². The number of carbonyl (C=O) groups excluding carboxylic acids is 2. The van der Waals surface area contributed by atoms with Gasteiger partial charge in [-0.2, -0.15) is 0 Å². The lowest BCUT2D eigenvalue weighted by molar-refractivity contribution is -0.118. The maximum atomic E-state index is 11.8. The van der Waals surface area contributed by atoms with Gasteiger partial charge in [-0.25, -0.2) is 0 Å². The molecule has 1 aliphatic heterocycles. The highest BCUT2D eigenvalue weighted by Gasteiger charge is 2.23. The first kappa shape index (κ1) is 15.5. The van der Waals surface area contributed by atoms with Crippen LogP contribution in [0.2, 0.25) is 5.02 Å². The van der Waals surface area contributed by atoms with E-state index in [9.17, 15) is 9.59 Å². The molecule has 1 aliphatic rings. The molecule has 1 aromatic carbocycles. The normalized spacial score (nSPS) is 15.9. The fourth-order valence-electron chi connectivity index (χ4n) is 2.23. The minimum atomic E-state index is -0.638. The summed E-state index contributed by atoms with van der Waals surface area (Å²) in [6.45, 7) is 4.22. The molecule has 1 unspecified atom stereocenters. The number of anilines is 2. The summed E-state index contributed by atoms with van der Waals surface area (Å²) < 4.78 is 0. The molecule has 3 N–H and O–H groups in total. The summed E-state index contributed by atoms with van der Waals surface area (Å²) in [6.07, 6.45) is 3.38. The minimum Gasteiger partial charge on any atom is -0.325 e. The molecule has 1 saturated heterocycles. The van der Waals surface area contributed by atoms with E-state index >= 15 is 0 Å². The number of nitrogens with zero attached hydrogens (tertiary/aromatic N) is 1. The summed E-state index contributed by atoms with van der Waals surface area (Å²) in [7, 11) is 0. The summed E-state index contributed by atoms with van der Waals surface area (Å²) >= 11 is 6.21. The lowest BCUT2D eigenvalue weighted by atomic mass is 10.2. The Morgan fingerprint density at radius 2 is 2.33 bits per heavy atom. The van der Waals surface area contributed by atoms with Crippen LogP contribution < -0.4 is 16.0 Å². The van der Waals surface area contributed by atoms with Gasteiger partial charge in [0.25, 0.3) is 0 Å². The molecule has 2 amide bonds. The number of hydrogen-bond acceptors (Lipinski definition) is 3. The Kier molecular flexibility index (Phi) is 4.98. The number of halogens is 1. The zero-order chi connectivity index (χ0) is 15.4. The van der Waals surface area contributed by atoms with E-state index in [1.165, 1.54) is 0 Å². The van der Waals surface area contributed by atoms with E-state index in [1.54, 1.807) is 29.2 Å². The molecule has 2 rings (SSSR count). The molecule has 5 nitrogen and oxygen atoms in total. The van der Waals surface area contributed by atoms with E-state index in [2.05, 4.69) is 11.9 Å². The lowest BCUT2D eigenvalue weighted by Gasteiger charge is -2.18. The van der Waals surface area contributed by atoms with Crippen LogP contribution in [0.15, 0.2) is 30.9 Å². The molecule has 1 fully saturated rings. The summed E-state index contributed by atoms with van der Waals surface area (Å²) in [5.41, 5.74) is 6.92. The molecule has 112 valence electrons. The molecule has 0 bridgehead atoms. The van der Waals surface area contributed by atoms with E-state index in [0.29, 0.717) is 35.8 Å². The smallest absolute Gasteiger partial charge is 0.241 e. The summed E-state index contributed by atoms with van der Waals surface area (Å²) in [5.74, 6) is -0.224. The van der Waals surface area contributed by atoms with Gasteiger partial charge in [0.05, 0.1) is 16.8 Å². The van der Waals surface area contributed by atoms with Crippen LogP contribution in [0.3, 0.4) is 0 Å². The van der Waals surface area contributed by atoms with Gasteiger partial charge in [0, 0.05) is 18.7 Å². The van der Waals surface area contributed by atoms with Crippen LogP contribution in [0, 0.1) is 0 Å². The van der Waals surface area contributed by atoms with Crippen LogP contribution in [-0.4, -0.2) is 24.4 Å². The Bertz CT molecular complexity index is 574. The third kappa shape index (κ3) is 3.62. The summed E-state index contributed by atoms with van der Waals surface area (Å²) in [5, 5.41) is 3.13. The third-order valence-electron chi connectivity index (χ3n) is 3.34. The van der Waals surface area contributed by atoms with E-state index in [4.69, 9.17) is 17.3 Å². The van der Waals surface area contributed by atoms with Gasteiger partial charge in [0.15, 0.2) is 0 Å². The SMILES string of the molecule is C=CCC(N)C(=O)Nc1ccc(N2CCCC2=O)c(Cl)c1. The largest absolute Gasteiger partial charge is 0.325 e. The Morgan fingerprint density at radius 1 is 1.57 bits per heavy atom. The first-order valence-corrected chi connectivity index (χ1v) is 7.18. The maximum Gasteiger partial charge on any atom is 0.241 e. The van der Waals surface area contributed by atoms with Gasteiger partial charge in [-0.1, -0.05) is 17.7 Å². The number of rotatable bonds is 5. The first-order chi connectivity index (χ1) is 10.0. The van der Waals surface area contributed by atoms with Crippen molar-refractivity contribution in [2.45, 2.75) is 25.3 Å². The first-order valence-electron chi connectivity index (χ1n) is 6.80. The highest BCUT2D eigenvalue weighted by Crippen LogP contribution is 2.31. The number of benzene rings is 1. The molecule has 1 atom stereocenters. The summed E-state index contributed by atoms with van der Waals surface area (Å²) in [6, 6.07) is 4.44. The molecule has 0 radical (unpaired) electrons. The monoisotopic (exact) mass is 307 g/mol. The molecule has 1 aromatic rings. The lowest BCUT2D eigenvalue weighted by Crippen LogP contribution is -2.35. The van der Waals surface area contributed by atoms with E-state index < -0.39 is 6.04 Å². The number of amides is 2. The fourth-order valence-corrected chi connectivity index (χ4v) is 2.51. The second kappa shape index (κ2) is 6.74. The number of nitrogens with one attached hydrogen (secondary N) is 1. The third-order valence-corrected chi connectivity index (χ3v) is 3.64. The van der Waals surface area contributed by atoms with Gasteiger partial charge in [-0.05, 0) is 31.0 Å². The zero-order valence-electron chi connectivity index (χ0n) is 11.6. The number of carbonyl (C=O) groups is 2. The van der Waals surface area contributed by atoms with Crippen LogP contribution in [0.25, 0.3) is 0 Å². The van der Waals surface area contributed by atoms with Crippen molar-refractivity contribution >= 4 is 34.8 Å². The molecule has 0 saturated carbocycles. The maximum absolute atomic E-state index is 11.8. The number of hydrogen-bond donors (Lipinski definition) is 2. The van der Waals surface area contributed by atoms with Gasteiger partial charge in [-0.15, -0.1) is 6.58 Å². The molecule has 0 spiro atoms. The van der Waals surface area contributed by atoms with Gasteiger partial charge in [-0.3, -0.25) is 9.59 Å². The highest BCUT2D eigenvalue weighted by molar-refractivity contribution is 6.34. The zero-order valence-corrected chi connectivity index (χ0v) is 12.4. The van der Waals surface area contributed by atoms with Crippen LogP contribution >= 0.6 is 11.6 Å². The standard InChI is InChI=1S/C15H18ClN3O2/c1-2-4-12(17)15(21)18-10-6-7-13(11(16)9-10)19-8-3-5-14(19)20/h2,6-7,9,12H,1,3-5,8,17H2,(H,18,21). The van der Waals surface area contributed by atoms with Crippen molar-refractivity contribution in [3.05, 3.63) is 35.9 Å². The van der Waals surface area contributed by atoms with Crippen LogP contribution in [-0.2, 0) is 9.59 Å². The van der Waals surface area contributed by atoms with Crippen molar-refractivity contribution in [3.63, 3.8) is 0 Å². The second-order valence-corrected chi connectivity index (χ2v) is 5.34. The molecule has 21 heavy (non-hydrogen) atoms. The van der Waals surface area contributed by atoms with Gasteiger partial charge >= 0.3 is 0 Å². The molecule has 6 heteroatoms. The van der Waals surface area contributed by atoms with Crippen LogP contribution in [0.5, 0.6) is 0 Å². The Labute approximate surface area is 128 Å². The average molecular weight is 308 g/mol. The fraction of sp³-hybridized carbons (Fsp3) is 0.333. The minimum absolute atomic E-state index is 0.0710. The van der Waals surface area contributed by atoms with Gasteiger partial charge < -0.3 is 16.0 Å². The molecule has 0 aromatic heterocycles. The molecule has 0 aliphatic carbocycles. The van der Waals surface area contributed by atoms with Gasteiger partial charge in [0.2, 0.25) is 11.8 Å². The van der Waals surface area contributed by atoms with Crippen molar-refractivity contribution in [2.75, 3.05) is 16.8 Å². The summed E-state index contributed by atoms with van der Waals surface area (Å²) in [4.78, 5) is 25.2. The van der Waals surface area contributed by atoms with Crippen molar-refractivity contribution in [1.82, 2.24) is 0 Å². The quantitative estimate of drug-likeness (QED) is 0.820. The molecular weight excluding hydrogens is 290 g/mol. The molecule has 1 heterocycles. The molecular formula is C15H18ClN3O2. The van der Waals surface area contributed by atoms with E-state index in [1.807, 2.05) is 0 Å². The van der Waals surface area contributed by atoms with Crippen molar-refractivity contribution < 1.29 is 9.59 Å². The van der Waals surface area contributed by atoms with Crippen molar-refractivity contribution in [3.8, 4) is 0 Å². The number of nitrogens with two attached hydrogens (primary N) is 1. The predicted molar refractivity (Wildman–Crippen MR) is 84.5 cm³/mol. The second-order valence-electron chi connectivity index (χ2n) is 4.94. The van der Waals surface area contributed by atoms with Crippen LogP contribution in [0.4, 0.5) is 11.4 Å². The van der Waals surface area contributed by atoms with Crippen LogP contribution in [0.1, 0.15) is 19.3 Å². The Hall–Kier alpha value is -1.85. The predicted octanol–water partition coefficient (Wildman–Crippen LogP) is 2.31.